The van der Waals surface area contributed by atoms with Crippen LogP contribution in [0.4, 0.5) is 11.4 Å². The molecule has 23 heavy (non-hydrogen) atoms. The first-order chi connectivity index (χ1) is 11.0. The van der Waals surface area contributed by atoms with Crippen LogP contribution in [0, 0.1) is 6.92 Å². The van der Waals surface area contributed by atoms with E-state index >= 15 is 0 Å². The lowest BCUT2D eigenvalue weighted by Crippen LogP contribution is -2.36. The van der Waals surface area contributed by atoms with E-state index < -0.39 is 0 Å². The van der Waals surface area contributed by atoms with Gasteiger partial charge in [0.05, 0.1) is 13.2 Å². The molecule has 2 heterocycles. The van der Waals surface area contributed by atoms with E-state index in [1.54, 1.807) is 6.92 Å². The molecular formula is C17H22N2O3S. The first-order valence-corrected chi connectivity index (χ1v) is 8.83. The molecule has 0 aromatic heterocycles. The maximum absolute atomic E-state index is 12.3. The van der Waals surface area contributed by atoms with Crippen molar-refractivity contribution in [2.24, 2.45) is 0 Å². The summed E-state index contributed by atoms with van der Waals surface area (Å²) in [6.07, 6.45) is 0.439. The van der Waals surface area contributed by atoms with Crippen LogP contribution in [-0.2, 0) is 14.3 Å². The van der Waals surface area contributed by atoms with Gasteiger partial charge in [0.1, 0.15) is 0 Å². The summed E-state index contributed by atoms with van der Waals surface area (Å²) in [5, 5.41) is 0.141. The molecule has 1 amide bonds. The van der Waals surface area contributed by atoms with Crippen molar-refractivity contribution in [3.05, 3.63) is 23.8 Å². The summed E-state index contributed by atoms with van der Waals surface area (Å²) < 4.78 is 5.39. The third-order valence-electron chi connectivity index (χ3n) is 4.27. The van der Waals surface area contributed by atoms with E-state index in [1.165, 1.54) is 17.4 Å². The standard InChI is InChI=1S/C17H22N2O3S/c1-12-9-14(18-5-7-22-8-6-18)3-4-16(12)19-11-15(10-17(19)21)23-13(2)20/h3-4,9,15H,5-8,10-11H2,1-2H3. The van der Waals surface area contributed by atoms with Crippen molar-refractivity contribution in [2.75, 3.05) is 42.6 Å². The van der Waals surface area contributed by atoms with E-state index in [4.69, 9.17) is 4.74 Å². The van der Waals surface area contributed by atoms with Gasteiger partial charge in [-0.05, 0) is 30.7 Å². The third-order valence-corrected chi connectivity index (χ3v) is 5.25. The Hall–Kier alpha value is -1.53. The van der Waals surface area contributed by atoms with E-state index in [0.29, 0.717) is 13.0 Å². The molecule has 1 aromatic rings. The average Bonchev–Trinajstić information content (AvgIpc) is 2.87. The Labute approximate surface area is 141 Å². The minimum absolute atomic E-state index is 0.0679. The molecule has 2 fully saturated rings. The van der Waals surface area contributed by atoms with Crippen molar-refractivity contribution < 1.29 is 14.3 Å². The van der Waals surface area contributed by atoms with Crippen LogP contribution in [0.25, 0.3) is 0 Å². The van der Waals surface area contributed by atoms with Crippen molar-refractivity contribution >= 4 is 34.2 Å². The Bertz CT molecular complexity index is 614. The fourth-order valence-electron chi connectivity index (χ4n) is 3.18. The van der Waals surface area contributed by atoms with Gasteiger partial charge in [0.15, 0.2) is 5.12 Å². The fourth-order valence-corrected chi connectivity index (χ4v) is 4.10. The van der Waals surface area contributed by atoms with Gasteiger partial charge in [-0.15, -0.1) is 0 Å². The number of carbonyl (C=O) groups is 2. The topological polar surface area (TPSA) is 49.9 Å². The molecule has 0 spiro atoms. The quantitative estimate of drug-likeness (QED) is 0.848. The SMILES string of the molecule is CC(=O)SC1CC(=O)N(c2ccc(N3CCOCC3)cc2C)C1. The zero-order valence-corrected chi connectivity index (χ0v) is 14.4. The van der Waals surface area contributed by atoms with Crippen LogP contribution in [-0.4, -0.2) is 49.1 Å². The second-order valence-electron chi connectivity index (χ2n) is 6.01. The van der Waals surface area contributed by atoms with Gasteiger partial charge in [0, 0.05) is 49.6 Å². The second-order valence-corrected chi connectivity index (χ2v) is 7.49. The zero-order chi connectivity index (χ0) is 16.4. The first-order valence-electron chi connectivity index (χ1n) is 7.95. The minimum atomic E-state index is 0.0679. The summed E-state index contributed by atoms with van der Waals surface area (Å²) in [6, 6.07) is 6.24. The number of carbonyl (C=O) groups excluding carboxylic acids is 2. The van der Waals surface area contributed by atoms with Gasteiger partial charge < -0.3 is 14.5 Å². The number of thioether (sulfide) groups is 1. The average molecular weight is 334 g/mol. The number of morpholine rings is 1. The molecule has 3 rings (SSSR count). The lowest BCUT2D eigenvalue weighted by molar-refractivity contribution is -0.117. The van der Waals surface area contributed by atoms with E-state index in [2.05, 4.69) is 17.0 Å². The van der Waals surface area contributed by atoms with Crippen molar-refractivity contribution in [3.63, 3.8) is 0 Å². The van der Waals surface area contributed by atoms with E-state index in [1.807, 2.05) is 17.9 Å². The third kappa shape index (κ3) is 3.70. The van der Waals surface area contributed by atoms with Gasteiger partial charge in [-0.2, -0.15) is 0 Å². The Morgan fingerprint density at radius 2 is 2.04 bits per heavy atom. The zero-order valence-electron chi connectivity index (χ0n) is 13.6. The smallest absolute Gasteiger partial charge is 0.228 e. The molecule has 1 unspecified atom stereocenters. The van der Waals surface area contributed by atoms with Crippen molar-refractivity contribution in [2.45, 2.75) is 25.5 Å². The van der Waals surface area contributed by atoms with E-state index in [-0.39, 0.29) is 16.3 Å². The number of anilines is 2. The maximum atomic E-state index is 12.3. The van der Waals surface area contributed by atoms with E-state index in [0.717, 1.165) is 37.6 Å². The lowest BCUT2D eigenvalue weighted by atomic mass is 10.1. The van der Waals surface area contributed by atoms with E-state index in [9.17, 15) is 9.59 Å². The van der Waals surface area contributed by atoms with Gasteiger partial charge in [0.25, 0.3) is 0 Å². The minimum Gasteiger partial charge on any atom is -0.378 e. The van der Waals surface area contributed by atoms with Gasteiger partial charge in [0.2, 0.25) is 5.91 Å². The number of aryl methyl sites for hydroxylation is 1. The number of ether oxygens (including phenoxy) is 1. The molecule has 0 bridgehead atoms. The Morgan fingerprint density at radius 3 is 2.70 bits per heavy atom. The molecule has 0 radical (unpaired) electrons. The molecule has 1 aromatic carbocycles. The molecule has 1 atom stereocenters. The summed E-state index contributed by atoms with van der Waals surface area (Å²) in [4.78, 5) is 27.7. The number of hydrogen-bond donors (Lipinski definition) is 0. The van der Waals surface area contributed by atoms with Crippen LogP contribution >= 0.6 is 11.8 Å². The lowest BCUT2D eigenvalue weighted by Gasteiger charge is -2.30. The molecule has 0 aliphatic carbocycles. The summed E-state index contributed by atoms with van der Waals surface area (Å²) in [6.45, 7) is 7.53. The number of hydrogen-bond acceptors (Lipinski definition) is 5. The highest BCUT2D eigenvalue weighted by atomic mass is 32.2. The Kier molecular flexibility index (Phi) is 4.92. The predicted molar refractivity (Wildman–Crippen MR) is 93.2 cm³/mol. The van der Waals surface area contributed by atoms with Crippen LogP contribution in [0.2, 0.25) is 0 Å². The molecule has 2 saturated heterocycles. The molecule has 6 heteroatoms. The highest BCUT2D eigenvalue weighted by Gasteiger charge is 2.32. The Balaban J connectivity index is 1.75. The Morgan fingerprint density at radius 1 is 1.30 bits per heavy atom. The van der Waals surface area contributed by atoms with Crippen molar-refractivity contribution in [3.8, 4) is 0 Å². The fraction of sp³-hybridized carbons (Fsp3) is 0.529. The van der Waals surface area contributed by atoms with Gasteiger partial charge in [-0.3, -0.25) is 9.59 Å². The van der Waals surface area contributed by atoms with Crippen LogP contribution < -0.4 is 9.80 Å². The molecule has 2 aliphatic heterocycles. The van der Waals surface area contributed by atoms with Gasteiger partial charge in [-0.25, -0.2) is 0 Å². The van der Waals surface area contributed by atoms with Crippen molar-refractivity contribution in [1.29, 1.82) is 0 Å². The second kappa shape index (κ2) is 6.93. The van der Waals surface area contributed by atoms with Gasteiger partial charge in [-0.1, -0.05) is 11.8 Å². The number of benzene rings is 1. The summed E-state index contributed by atoms with van der Waals surface area (Å²) in [5.41, 5.74) is 3.23. The van der Waals surface area contributed by atoms with Crippen LogP contribution in [0.3, 0.4) is 0 Å². The highest BCUT2D eigenvalue weighted by Crippen LogP contribution is 2.32. The highest BCUT2D eigenvalue weighted by molar-refractivity contribution is 8.14. The molecule has 0 N–H and O–H groups in total. The summed E-state index contributed by atoms with van der Waals surface area (Å²) >= 11 is 1.27. The summed E-state index contributed by atoms with van der Waals surface area (Å²) in [7, 11) is 0. The largest absolute Gasteiger partial charge is 0.378 e. The number of amides is 1. The first kappa shape index (κ1) is 16.3. The van der Waals surface area contributed by atoms with Crippen LogP contribution in [0.15, 0.2) is 18.2 Å². The predicted octanol–water partition coefficient (Wildman–Crippen LogP) is 2.22. The van der Waals surface area contributed by atoms with Crippen LogP contribution in [0.1, 0.15) is 18.9 Å². The molecule has 5 nitrogen and oxygen atoms in total. The van der Waals surface area contributed by atoms with Crippen molar-refractivity contribution in [1.82, 2.24) is 0 Å². The normalized spacial score (nSPS) is 21.8. The van der Waals surface area contributed by atoms with Crippen LogP contribution in [0.5, 0.6) is 0 Å². The molecular weight excluding hydrogens is 312 g/mol. The maximum Gasteiger partial charge on any atom is 0.228 e. The monoisotopic (exact) mass is 334 g/mol. The molecule has 2 aliphatic rings. The van der Waals surface area contributed by atoms with Gasteiger partial charge >= 0.3 is 0 Å². The molecule has 124 valence electrons. The number of nitrogens with zero attached hydrogens (tertiary/aromatic N) is 2. The number of rotatable bonds is 3. The molecule has 0 saturated carbocycles. The summed E-state index contributed by atoms with van der Waals surface area (Å²) in [5.74, 6) is 0.103.